The Morgan fingerprint density at radius 2 is 1.55 bits per heavy atom. The molecule has 1 amide bonds. The van der Waals surface area contributed by atoms with Gasteiger partial charge in [0.2, 0.25) is 27.2 Å². The van der Waals surface area contributed by atoms with E-state index in [-0.39, 0.29) is 16.8 Å². The molecule has 1 heterocycles. The van der Waals surface area contributed by atoms with E-state index >= 15 is 0 Å². The number of carbonyl (C=O) groups excluding carboxylic acids is 1. The van der Waals surface area contributed by atoms with Crippen LogP contribution in [0.4, 0.5) is 30.8 Å². The Morgan fingerprint density at radius 1 is 1.02 bits per heavy atom. The smallest absolute Gasteiger partial charge is 0.416 e. The maximum absolute atomic E-state index is 12.7. The van der Waals surface area contributed by atoms with Crippen molar-refractivity contribution in [2.75, 3.05) is 61.6 Å². The molecule has 3 rings (SSSR count). The minimum atomic E-state index is -4.62. The van der Waals surface area contributed by atoms with Crippen LogP contribution in [0.1, 0.15) is 29.8 Å². The number of carbonyl (C=O) groups is 2. The molecule has 0 spiro atoms. The average Bonchev–Trinajstić information content (AvgIpc) is 3.00. The Bertz CT molecular complexity index is 1890. The normalized spacial score (nSPS) is 11.9. The lowest BCUT2D eigenvalue weighted by Gasteiger charge is -2.14. The predicted molar refractivity (Wildman–Crippen MR) is 201 cm³/mol. The molecule has 55 heavy (non-hydrogen) atoms. The van der Waals surface area contributed by atoms with Crippen LogP contribution in [-0.2, 0) is 36.5 Å². The van der Waals surface area contributed by atoms with Crippen LogP contribution in [0.3, 0.4) is 0 Å². The summed E-state index contributed by atoms with van der Waals surface area (Å²) in [5.74, 6) is -1.85. The summed E-state index contributed by atoms with van der Waals surface area (Å²) in [5.41, 5.74) is -2.34. The van der Waals surface area contributed by atoms with Crippen molar-refractivity contribution in [3.8, 4) is 11.5 Å². The highest BCUT2D eigenvalue weighted by Crippen LogP contribution is 2.37. The highest BCUT2D eigenvalue weighted by Gasteiger charge is 2.31. The standard InChI is InChI=1S/C15H10ClF3N2O6S.C7H12ClN5.C3H8NO5P.C3H9S/c1-28(25,26)20-14(22)10-7-9(3-4-12(10)21(23)24)27-13-5-2-8(6-11(13)16)15(17,18)19;1-3-9-6-11-5(8)12-7(13-6)10-4-2;5-3(6)1-4-2-10(7,8)9;1-4(2)3/h2-7H,1H3,(H,20,22);3-4H2,1-2H3,(H2,9,10,11,12,13);4H,1-2H2,(H,5,6)(H2,7,8,9);1-3H3/q;;;+1/p-1. The molecule has 3 aromatic rings. The van der Waals surface area contributed by atoms with E-state index in [1.54, 1.807) is 4.72 Å². The third-order valence-corrected chi connectivity index (χ3v) is 6.68. The zero-order chi connectivity index (χ0) is 42.7. The summed E-state index contributed by atoms with van der Waals surface area (Å²) in [6.07, 6.45) is 1.94. The number of alkyl halides is 3. The highest BCUT2D eigenvalue weighted by atomic mass is 35.5. The Hall–Kier alpha value is -4.03. The minimum Gasteiger partial charge on any atom is -0.778 e. The number of nitro groups is 1. The van der Waals surface area contributed by atoms with Gasteiger partial charge in [-0.2, -0.15) is 28.1 Å². The van der Waals surface area contributed by atoms with Crippen molar-refractivity contribution in [2.45, 2.75) is 20.0 Å². The van der Waals surface area contributed by atoms with Gasteiger partial charge in [-0.25, -0.2) is 13.1 Å². The van der Waals surface area contributed by atoms with Crippen LogP contribution in [0.5, 0.6) is 11.5 Å². The number of nitrogens with one attached hydrogen (secondary N) is 4. The van der Waals surface area contributed by atoms with Gasteiger partial charge in [-0.15, -0.1) is 0 Å². The van der Waals surface area contributed by atoms with E-state index in [4.69, 9.17) is 37.9 Å². The molecule has 308 valence electrons. The lowest BCUT2D eigenvalue weighted by atomic mass is 10.1. The number of ether oxygens (including phenoxy) is 1. The van der Waals surface area contributed by atoms with Crippen LogP contribution in [0, 0.1) is 10.1 Å². The van der Waals surface area contributed by atoms with Crippen LogP contribution < -0.4 is 30.3 Å². The largest absolute Gasteiger partial charge is 0.778 e. The molecule has 2 aromatic carbocycles. The lowest BCUT2D eigenvalue weighted by molar-refractivity contribution is -0.385. The number of anilines is 2. The van der Waals surface area contributed by atoms with Gasteiger partial charge in [0.05, 0.1) is 53.4 Å². The van der Waals surface area contributed by atoms with E-state index in [0.29, 0.717) is 41.2 Å². The fourth-order valence-corrected chi connectivity index (χ4v) is 4.38. The van der Waals surface area contributed by atoms with E-state index in [9.17, 15) is 50.8 Å². The first-order valence-corrected chi connectivity index (χ1v) is 21.7. The summed E-state index contributed by atoms with van der Waals surface area (Å²) in [6, 6.07) is 5.09. The molecule has 1 aromatic heterocycles. The molecule has 0 saturated heterocycles. The van der Waals surface area contributed by atoms with Crippen molar-refractivity contribution >= 4 is 81.2 Å². The number of nitrogens with zero attached hydrogens (tertiary/aromatic N) is 4. The van der Waals surface area contributed by atoms with Crippen molar-refractivity contribution in [2.24, 2.45) is 0 Å². The second-order valence-electron chi connectivity index (χ2n) is 10.5. The Kier molecular flexibility index (Phi) is 22.0. The third-order valence-electron chi connectivity index (χ3n) is 5.04. The van der Waals surface area contributed by atoms with Crippen molar-refractivity contribution in [3.63, 3.8) is 0 Å². The second-order valence-corrected chi connectivity index (χ2v) is 17.1. The number of hydrogen-bond donors (Lipinski definition) is 6. The summed E-state index contributed by atoms with van der Waals surface area (Å²) < 4.78 is 77.2. The van der Waals surface area contributed by atoms with Gasteiger partial charge in [0.25, 0.3) is 11.6 Å². The molecule has 19 nitrogen and oxygen atoms in total. The quantitative estimate of drug-likeness (QED) is 0.0616. The number of benzene rings is 2. The van der Waals surface area contributed by atoms with Gasteiger partial charge >= 0.3 is 12.1 Å². The molecular formula is C28H38Cl2F3N8O11PS2. The Morgan fingerprint density at radius 3 is 1.95 bits per heavy atom. The average molecular weight is 886 g/mol. The summed E-state index contributed by atoms with van der Waals surface area (Å²) in [7, 11) is -7.71. The van der Waals surface area contributed by atoms with E-state index in [1.165, 1.54) is 0 Å². The van der Waals surface area contributed by atoms with Crippen molar-refractivity contribution in [1.82, 2.24) is 25.0 Å². The number of carboxylic acids is 1. The van der Waals surface area contributed by atoms with Crippen LogP contribution in [0.25, 0.3) is 0 Å². The monoisotopic (exact) mass is 884 g/mol. The van der Waals surface area contributed by atoms with Crippen LogP contribution in [0.2, 0.25) is 10.3 Å². The first-order chi connectivity index (χ1) is 25.2. The van der Waals surface area contributed by atoms with Crippen LogP contribution >= 0.6 is 30.8 Å². The molecule has 6 N–H and O–H groups in total. The van der Waals surface area contributed by atoms with E-state index in [2.05, 4.69) is 44.4 Å². The van der Waals surface area contributed by atoms with Crippen molar-refractivity contribution in [1.29, 1.82) is 0 Å². The summed E-state index contributed by atoms with van der Waals surface area (Å²) in [5, 5.41) is 26.8. The van der Waals surface area contributed by atoms with Gasteiger partial charge < -0.3 is 34.8 Å². The molecule has 0 saturated carbocycles. The number of sulfonamides is 1. The number of halogens is 5. The molecule has 27 heteroatoms. The zero-order valence-electron chi connectivity index (χ0n) is 29.8. The number of nitro benzene ring substituents is 1. The summed E-state index contributed by atoms with van der Waals surface area (Å²) in [4.78, 5) is 61.8. The maximum Gasteiger partial charge on any atom is 0.416 e. The topological polar surface area (TPSA) is 288 Å². The first kappa shape index (κ1) is 51.0. The molecule has 0 fully saturated rings. The highest BCUT2D eigenvalue weighted by molar-refractivity contribution is 7.94. The number of hydrogen-bond acceptors (Lipinski definition) is 15. The van der Waals surface area contributed by atoms with Gasteiger partial charge in [-0.1, -0.05) is 11.6 Å². The van der Waals surface area contributed by atoms with E-state index < -0.39 is 75.3 Å². The lowest BCUT2D eigenvalue weighted by Crippen LogP contribution is -2.29. The minimum absolute atomic E-state index is 0.189. The SMILES string of the molecule is CCNc1nc(Cl)nc(NCC)n1.CS(=O)(=O)NC(=O)c1cc(Oc2ccc(C(F)(F)F)cc2Cl)ccc1[N+](=O)[O-].C[S+](C)C.O=C(O)CNCP(=O)([O-])O. The zero-order valence-corrected chi connectivity index (χ0v) is 33.8. The molecule has 0 radical (unpaired) electrons. The predicted octanol–water partition coefficient (Wildman–Crippen LogP) is 3.80. The van der Waals surface area contributed by atoms with Crippen LogP contribution in [0.15, 0.2) is 36.4 Å². The number of amides is 1. The molecule has 0 aliphatic rings. The number of aliphatic carboxylic acids is 1. The van der Waals surface area contributed by atoms with Gasteiger partial charge in [0.1, 0.15) is 24.7 Å². The van der Waals surface area contributed by atoms with Gasteiger partial charge in [-0.3, -0.25) is 25.0 Å². The molecule has 1 unspecified atom stereocenters. The van der Waals surface area contributed by atoms with Crippen molar-refractivity contribution < 1.29 is 60.3 Å². The van der Waals surface area contributed by atoms with Crippen LogP contribution in [-0.4, -0.2) is 101 Å². The van der Waals surface area contributed by atoms with E-state index in [0.717, 1.165) is 37.4 Å². The molecule has 1 atom stereocenters. The molecule has 0 aliphatic carbocycles. The third kappa shape index (κ3) is 23.5. The Balaban J connectivity index is 0.000000887. The van der Waals surface area contributed by atoms with E-state index in [1.807, 2.05) is 19.2 Å². The second kappa shape index (κ2) is 23.8. The Labute approximate surface area is 326 Å². The molecular weight excluding hydrogens is 847 g/mol. The fourth-order valence-electron chi connectivity index (χ4n) is 3.16. The molecule has 0 bridgehead atoms. The number of aromatic nitrogens is 3. The molecule has 0 aliphatic heterocycles. The van der Waals surface area contributed by atoms with Gasteiger partial charge in [0.15, 0.2) is 0 Å². The van der Waals surface area contributed by atoms with Gasteiger partial charge in [0, 0.05) is 25.2 Å². The fraction of sp³-hybridized carbons (Fsp3) is 0.393. The maximum atomic E-state index is 12.7. The van der Waals surface area contributed by atoms with Crippen molar-refractivity contribution in [3.05, 3.63) is 67.9 Å². The first-order valence-electron chi connectivity index (χ1n) is 14.9. The van der Waals surface area contributed by atoms with Gasteiger partial charge in [-0.05, 0) is 60.6 Å². The number of carboxylic acid groups (broad SMARTS) is 1. The summed E-state index contributed by atoms with van der Waals surface area (Å²) >= 11 is 11.4. The number of rotatable bonds is 13. The summed E-state index contributed by atoms with van der Waals surface area (Å²) in [6.45, 7) is 4.96.